The summed E-state index contributed by atoms with van der Waals surface area (Å²) in [4.78, 5) is 14.0. The molecule has 0 aliphatic carbocycles. The number of rotatable bonds is 1. The Morgan fingerprint density at radius 3 is 2.47 bits per heavy atom. The van der Waals surface area contributed by atoms with Gasteiger partial charge in [-0.05, 0) is 23.6 Å². The van der Waals surface area contributed by atoms with Crippen LogP contribution in [0, 0.1) is 0 Å². The molecule has 4 nitrogen and oxygen atoms in total. The SMILES string of the molecule is CN(C(=O)[N+](C)(C)C)c1cccc2ccc(O)cc12. The molecule has 4 heteroatoms. The summed E-state index contributed by atoms with van der Waals surface area (Å²) >= 11 is 0. The molecule has 0 atom stereocenters. The zero-order chi connectivity index (χ0) is 14.2. The van der Waals surface area contributed by atoms with Gasteiger partial charge >= 0.3 is 6.03 Å². The minimum absolute atomic E-state index is 0.0177. The Labute approximate surface area is 113 Å². The lowest BCUT2D eigenvalue weighted by Crippen LogP contribution is -2.49. The molecule has 1 N–H and O–H groups in total. The highest BCUT2D eigenvalue weighted by atomic mass is 16.3. The van der Waals surface area contributed by atoms with Crippen LogP contribution in [0.5, 0.6) is 5.75 Å². The Kier molecular flexibility index (Phi) is 3.20. The maximum absolute atomic E-state index is 12.3. The van der Waals surface area contributed by atoms with Gasteiger partial charge in [0.15, 0.2) is 0 Å². The topological polar surface area (TPSA) is 40.5 Å². The number of phenols is 1. The first-order valence-electron chi connectivity index (χ1n) is 6.12. The van der Waals surface area contributed by atoms with Crippen LogP contribution in [-0.4, -0.2) is 43.8 Å². The first-order valence-corrected chi connectivity index (χ1v) is 6.12. The fourth-order valence-electron chi connectivity index (χ4n) is 2.09. The number of aromatic hydroxyl groups is 1. The van der Waals surface area contributed by atoms with Crippen LogP contribution >= 0.6 is 0 Å². The number of fused-ring (bicyclic) bond motifs is 1. The van der Waals surface area contributed by atoms with E-state index in [4.69, 9.17) is 0 Å². The molecule has 0 fully saturated rings. The number of nitrogens with zero attached hydrogens (tertiary/aromatic N) is 2. The van der Waals surface area contributed by atoms with Gasteiger partial charge in [0, 0.05) is 12.4 Å². The Bertz CT molecular complexity index is 630. The highest BCUT2D eigenvalue weighted by Gasteiger charge is 2.27. The van der Waals surface area contributed by atoms with Crippen LogP contribution in [0.25, 0.3) is 10.8 Å². The van der Waals surface area contributed by atoms with Crippen molar-refractivity contribution in [1.29, 1.82) is 0 Å². The van der Waals surface area contributed by atoms with Gasteiger partial charge in [0.2, 0.25) is 0 Å². The van der Waals surface area contributed by atoms with Crippen molar-refractivity contribution >= 4 is 22.5 Å². The maximum atomic E-state index is 12.3. The molecule has 0 spiro atoms. The molecular formula is C15H19N2O2+. The summed E-state index contributed by atoms with van der Waals surface area (Å²) < 4.78 is 0.214. The van der Waals surface area contributed by atoms with Gasteiger partial charge in [-0.25, -0.2) is 9.28 Å². The third-order valence-electron chi connectivity index (χ3n) is 3.06. The first kappa shape index (κ1) is 13.4. The zero-order valence-electron chi connectivity index (χ0n) is 11.7. The van der Waals surface area contributed by atoms with E-state index in [1.807, 2.05) is 45.4 Å². The first-order chi connectivity index (χ1) is 8.80. The van der Waals surface area contributed by atoms with E-state index < -0.39 is 0 Å². The van der Waals surface area contributed by atoms with Gasteiger partial charge in [0.05, 0.1) is 26.8 Å². The molecule has 0 unspecified atom stereocenters. The lowest BCUT2D eigenvalue weighted by atomic mass is 10.1. The van der Waals surface area contributed by atoms with Gasteiger partial charge in [-0.1, -0.05) is 18.2 Å². The van der Waals surface area contributed by atoms with Crippen LogP contribution in [0.2, 0.25) is 0 Å². The minimum atomic E-state index is -0.0177. The number of anilines is 1. The Hall–Kier alpha value is -2.07. The molecular weight excluding hydrogens is 240 g/mol. The third-order valence-corrected chi connectivity index (χ3v) is 3.06. The van der Waals surface area contributed by atoms with Gasteiger partial charge in [-0.2, -0.15) is 0 Å². The van der Waals surface area contributed by atoms with Crippen molar-refractivity contribution in [3.05, 3.63) is 36.4 Å². The summed E-state index contributed by atoms with van der Waals surface area (Å²) in [7, 11) is 7.26. The number of hydrogen-bond acceptors (Lipinski definition) is 2. The van der Waals surface area contributed by atoms with Crippen LogP contribution in [0.3, 0.4) is 0 Å². The largest absolute Gasteiger partial charge is 0.508 e. The molecule has 2 amide bonds. The number of benzene rings is 2. The molecule has 19 heavy (non-hydrogen) atoms. The summed E-state index contributed by atoms with van der Waals surface area (Å²) in [5, 5.41) is 11.5. The number of carbonyl (C=O) groups is 1. The lowest BCUT2D eigenvalue weighted by Gasteiger charge is -2.27. The number of hydrogen-bond donors (Lipinski definition) is 1. The summed E-state index contributed by atoms with van der Waals surface area (Å²) in [5.74, 6) is 0.200. The second-order valence-electron chi connectivity index (χ2n) is 5.54. The molecule has 0 saturated carbocycles. The monoisotopic (exact) mass is 259 g/mol. The van der Waals surface area contributed by atoms with E-state index in [-0.39, 0.29) is 16.3 Å². The van der Waals surface area contributed by atoms with Crippen LogP contribution < -0.4 is 4.90 Å². The minimum Gasteiger partial charge on any atom is -0.508 e. The average molecular weight is 259 g/mol. The number of phenolic OH excluding ortho intramolecular Hbond substituents is 1. The van der Waals surface area contributed by atoms with Crippen molar-refractivity contribution in [2.75, 3.05) is 33.1 Å². The number of urea groups is 1. The molecule has 2 aromatic rings. The zero-order valence-corrected chi connectivity index (χ0v) is 11.7. The Balaban J connectivity index is 2.56. The summed E-state index contributed by atoms with van der Waals surface area (Å²) in [6.07, 6.45) is 0. The number of amides is 2. The third kappa shape index (κ3) is 2.53. The van der Waals surface area contributed by atoms with Gasteiger partial charge in [0.1, 0.15) is 5.75 Å². The number of quaternary nitrogens is 1. The highest BCUT2D eigenvalue weighted by Crippen LogP contribution is 2.29. The molecule has 0 aromatic heterocycles. The van der Waals surface area contributed by atoms with E-state index >= 15 is 0 Å². The second-order valence-corrected chi connectivity index (χ2v) is 5.54. The maximum Gasteiger partial charge on any atom is 0.422 e. The average Bonchev–Trinajstić information content (AvgIpc) is 2.35. The molecule has 100 valence electrons. The van der Waals surface area contributed by atoms with Crippen molar-refractivity contribution in [2.45, 2.75) is 0 Å². The predicted molar refractivity (Wildman–Crippen MR) is 77.4 cm³/mol. The number of carbonyl (C=O) groups excluding carboxylic acids is 1. The van der Waals surface area contributed by atoms with E-state index in [0.717, 1.165) is 16.5 Å². The highest BCUT2D eigenvalue weighted by molar-refractivity contribution is 6.01. The Morgan fingerprint density at radius 1 is 1.16 bits per heavy atom. The molecule has 2 rings (SSSR count). The molecule has 0 aliphatic rings. The van der Waals surface area contributed by atoms with Crippen molar-refractivity contribution in [3.63, 3.8) is 0 Å². The van der Waals surface area contributed by atoms with E-state index in [1.54, 1.807) is 24.1 Å². The molecule has 0 radical (unpaired) electrons. The van der Waals surface area contributed by atoms with E-state index in [1.165, 1.54) is 0 Å². The fourth-order valence-corrected chi connectivity index (χ4v) is 2.09. The molecule has 0 aliphatic heterocycles. The van der Waals surface area contributed by atoms with Crippen LogP contribution in [0.15, 0.2) is 36.4 Å². The van der Waals surface area contributed by atoms with Gasteiger partial charge in [-0.15, -0.1) is 0 Å². The smallest absolute Gasteiger partial charge is 0.422 e. The summed E-state index contributed by atoms with van der Waals surface area (Å²) in [6.45, 7) is 0. The Morgan fingerprint density at radius 2 is 1.84 bits per heavy atom. The molecule has 2 aromatic carbocycles. The van der Waals surface area contributed by atoms with Gasteiger partial charge in [0.25, 0.3) is 0 Å². The standard InChI is InChI=1S/C15H18N2O2/c1-16(15(19)17(2,3)4)14-7-5-6-11-8-9-12(18)10-13(11)14/h5-10H,1-4H3/p+1. The van der Waals surface area contributed by atoms with E-state index in [0.29, 0.717) is 0 Å². The van der Waals surface area contributed by atoms with Gasteiger partial charge in [-0.3, -0.25) is 4.90 Å². The van der Waals surface area contributed by atoms with Gasteiger partial charge < -0.3 is 5.11 Å². The quantitative estimate of drug-likeness (QED) is 0.800. The molecule has 0 heterocycles. The van der Waals surface area contributed by atoms with Crippen LogP contribution in [0.1, 0.15) is 0 Å². The predicted octanol–water partition coefficient (Wildman–Crippen LogP) is 2.81. The molecule has 0 bridgehead atoms. The second kappa shape index (κ2) is 4.55. The summed E-state index contributed by atoms with van der Waals surface area (Å²) in [5.41, 5.74) is 0.798. The van der Waals surface area contributed by atoms with Crippen LogP contribution in [0.4, 0.5) is 10.5 Å². The normalized spacial score (nSPS) is 11.6. The molecule has 0 saturated heterocycles. The summed E-state index contributed by atoms with van der Waals surface area (Å²) in [6, 6.07) is 10.9. The van der Waals surface area contributed by atoms with Crippen molar-refractivity contribution < 1.29 is 14.4 Å². The fraction of sp³-hybridized carbons (Fsp3) is 0.267. The van der Waals surface area contributed by atoms with E-state index in [2.05, 4.69) is 0 Å². The van der Waals surface area contributed by atoms with Crippen LogP contribution in [-0.2, 0) is 0 Å². The lowest BCUT2D eigenvalue weighted by molar-refractivity contribution is -0.785. The van der Waals surface area contributed by atoms with E-state index in [9.17, 15) is 9.90 Å². The van der Waals surface area contributed by atoms with Crippen molar-refractivity contribution in [3.8, 4) is 5.75 Å². The van der Waals surface area contributed by atoms with Crippen molar-refractivity contribution in [1.82, 2.24) is 0 Å². The van der Waals surface area contributed by atoms with Crippen molar-refractivity contribution in [2.24, 2.45) is 0 Å².